The third-order valence-electron chi connectivity index (χ3n) is 3.09. The molecule has 0 aliphatic heterocycles. The summed E-state index contributed by atoms with van der Waals surface area (Å²) in [5, 5.41) is 10.6. The summed E-state index contributed by atoms with van der Waals surface area (Å²) in [7, 11) is 0. The van der Waals surface area contributed by atoms with Crippen LogP contribution in [0.1, 0.15) is 32.8 Å². The topological polar surface area (TPSA) is 69.2 Å². The molecule has 0 fully saturated rings. The second-order valence-electron chi connectivity index (χ2n) is 5.52. The summed E-state index contributed by atoms with van der Waals surface area (Å²) in [4.78, 5) is 9.91. The standard InChI is InChI=1S/C13H19FN2O2/c1-13(2,3)11(15)8-7-9-5-4-6-10(12(9)14)16(17)18/h4-6,11H,7-8,15H2,1-3H3. The molecule has 5 heteroatoms. The highest BCUT2D eigenvalue weighted by Gasteiger charge is 2.22. The number of benzene rings is 1. The smallest absolute Gasteiger partial charge is 0.305 e. The molecule has 0 spiro atoms. The molecule has 1 unspecified atom stereocenters. The largest absolute Gasteiger partial charge is 0.327 e. The first-order chi connectivity index (χ1) is 8.23. The molecule has 0 amide bonds. The van der Waals surface area contributed by atoms with Crippen molar-refractivity contribution in [2.24, 2.45) is 11.1 Å². The zero-order valence-electron chi connectivity index (χ0n) is 10.9. The fraction of sp³-hybridized carbons (Fsp3) is 0.538. The van der Waals surface area contributed by atoms with Crippen molar-refractivity contribution in [3.63, 3.8) is 0 Å². The van der Waals surface area contributed by atoms with Gasteiger partial charge in [-0.2, -0.15) is 4.39 Å². The predicted octanol–water partition coefficient (Wildman–Crippen LogP) is 3.04. The van der Waals surface area contributed by atoms with E-state index in [-0.39, 0.29) is 11.5 Å². The number of rotatable bonds is 4. The lowest BCUT2D eigenvalue weighted by atomic mass is 9.84. The normalized spacial score (nSPS) is 13.4. The van der Waals surface area contributed by atoms with E-state index in [1.807, 2.05) is 20.8 Å². The molecule has 0 heterocycles. The van der Waals surface area contributed by atoms with Crippen LogP contribution in [0.3, 0.4) is 0 Å². The van der Waals surface area contributed by atoms with E-state index < -0.39 is 16.4 Å². The van der Waals surface area contributed by atoms with Crippen LogP contribution in [0.25, 0.3) is 0 Å². The van der Waals surface area contributed by atoms with Crippen LogP contribution >= 0.6 is 0 Å². The molecule has 0 radical (unpaired) electrons. The highest BCUT2D eigenvalue weighted by molar-refractivity contribution is 5.36. The number of halogens is 1. The van der Waals surface area contributed by atoms with Gasteiger partial charge in [-0.25, -0.2) is 0 Å². The minimum Gasteiger partial charge on any atom is -0.327 e. The third kappa shape index (κ3) is 3.50. The number of aryl methyl sites for hydroxylation is 1. The zero-order valence-corrected chi connectivity index (χ0v) is 10.9. The Labute approximate surface area is 106 Å². The minimum atomic E-state index is -0.747. The molecule has 1 atom stereocenters. The maximum atomic E-state index is 13.8. The molecule has 0 bridgehead atoms. The van der Waals surface area contributed by atoms with E-state index in [1.165, 1.54) is 12.1 Å². The molecule has 1 rings (SSSR count). The van der Waals surface area contributed by atoms with Crippen LogP contribution < -0.4 is 5.73 Å². The third-order valence-corrected chi connectivity index (χ3v) is 3.09. The van der Waals surface area contributed by atoms with E-state index in [9.17, 15) is 14.5 Å². The van der Waals surface area contributed by atoms with Gasteiger partial charge in [0.1, 0.15) is 0 Å². The van der Waals surface area contributed by atoms with Crippen molar-refractivity contribution < 1.29 is 9.31 Å². The first-order valence-electron chi connectivity index (χ1n) is 5.91. The lowest BCUT2D eigenvalue weighted by molar-refractivity contribution is -0.387. The van der Waals surface area contributed by atoms with Crippen LogP contribution in [0.15, 0.2) is 18.2 Å². The van der Waals surface area contributed by atoms with E-state index in [0.29, 0.717) is 18.4 Å². The van der Waals surface area contributed by atoms with Gasteiger partial charge in [0, 0.05) is 12.1 Å². The Morgan fingerprint density at radius 3 is 2.56 bits per heavy atom. The van der Waals surface area contributed by atoms with Gasteiger partial charge in [0.25, 0.3) is 0 Å². The number of nitrogens with zero attached hydrogens (tertiary/aromatic N) is 1. The molecule has 0 saturated carbocycles. The molecule has 4 nitrogen and oxygen atoms in total. The first-order valence-corrected chi connectivity index (χ1v) is 5.91. The van der Waals surface area contributed by atoms with Gasteiger partial charge in [0.05, 0.1) is 4.92 Å². The number of hydrogen-bond donors (Lipinski definition) is 1. The Hall–Kier alpha value is -1.49. The molecule has 1 aromatic carbocycles. The van der Waals surface area contributed by atoms with E-state index in [1.54, 1.807) is 6.07 Å². The Kier molecular flexibility index (Phi) is 4.40. The van der Waals surface area contributed by atoms with Gasteiger partial charge < -0.3 is 5.73 Å². The van der Waals surface area contributed by atoms with Crippen molar-refractivity contribution in [2.75, 3.05) is 0 Å². The van der Waals surface area contributed by atoms with Crippen LogP contribution in [-0.4, -0.2) is 11.0 Å². The van der Waals surface area contributed by atoms with Crippen LogP contribution in [0.4, 0.5) is 10.1 Å². The van der Waals surface area contributed by atoms with Crippen molar-refractivity contribution in [3.8, 4) is 0 Å². The summed E-state index contributed by atoms with van der Waals surface area (Å²) < 4.78 is 13.8. The Morgan fingerprint density at radius 1 is 1.44 bits per heavy atom. The highest BCUT2D eigenvalue weighted by atomic mass is 19.1. The minimum absolute atomic E-state index is 0.0583. The van der Waals surface area contributed by atoms with Crippen LogP contribution in [-0.2, 0) is 6.42 Å². The molecular weight excluding hydrogens is 235 g/mol. The zero-order chi connectivity index (χ0) is 13.9. The molecule has 1 aromatic rings. The van der Waals surface area contributed by atoms with Crippen LogP contribution in [0, 0.1) is 21.3 Å². The Morgan fingerprint density at radius 2 is 2.06 bits per heavy atom. The monoisotopic (exact) mass is 254 g/mol. The van der Waals surface area contributed by atoms with Gasteiger partial charge >= 0.3 is 5.69 Å². The maximum Gasteiger partial charge on any atom is 0.305 e. The number of nitro groups is 1. The van der Waals surface area contributed by atoms with Crippen molar-refractivity contribution in [2.45, 2.75) is 39.7 Å². The molecule has 2 N–H and O–H groups in total. The predicted molar refractivity (Wildman–Crippen MR) is 68.8 cm³/mol. The van der Waals surface area contributed by atoms with Gasteiger partial charge in [0.2, 0.25) is 5.82 Å². The van der Waals surface area contributed by atoms with Gasteiger partial charge in [0.15, 0.2) is 0 Å². The lowest BCUT2D eigenvalue weighted by Gasteiger charge is -2.27. The molecule has 100 valence electrons. The fourth-order valence-electron chi connectivity index (χ4n) is 1.64. The van der Waals surface area contributed by atoms with Crippen molar-refractivity contribution in [3.05, 3.63) is 39.7 Å². The number of nitro benzene ring substituents is 1. The van der Waals surface area contributed by atoms with Crippen LogP contribution in [0.5, 0.6) is 0 Å². The average molecular weight is 254 g/mol. The lowest BCUT2D eigenvalue weighted by Crippen LogP contribution is -2.35. The molecule has 0 aromatic heterocycles. The number of hydrogen-bond acceptors (Lipinski definition) is 3. The quantitative estimate of drug-likeness (QED) is 0.663. The summed E-state index contributed by atoms with van der Waals surface area (Å²) in [5.41, 5.74) is 5.81. The average Bonchev–Trinajstić information content (AvgIpc) is 2.25. The fourth-order valence-corrected chi connectivity index (χ4v) is 1.64. The maximum absolute atomic E-state index is 13.8. The van der Waals surface area contributed by atoms with E-state index in [0.717, 1.165) is 0 Å². The van der Waals surface area contributed by atoms with Crippen molar-refractivity contribution in [1.29, 1.82) is 0 Å². The summed E-state index contributed by atoms with van der Waals surface area (Å²) in [6, 6.07) is 4.16. The molecule has 0 aliphatic carbocycles. The van der Waals surface area contributed by atoms with Gasteiger partial charge in [-0.1, -0.05) is 32.9 Å². The molecule has 0 saturated heterocycles. The van der Waals surface area contributed by atoms with Gasteiger partial charge in [-0.3, -0.25) is 10.1 Å². The van der Waals surface area contributed by atoms with Gasteiger partial charge in [-0.05, 0) is 23.8 Å². The molecule has 18 heavy (non-hydrogen) atoms. The van der Waals surface area contributed by atoms with Crippen molar-refractivity contribution >= 4 is 5.69 Å². The molecule has 0 aliphatic rings. The summed E-state index contributed by atoms with van der Waals surface area (Å²) >= 11 is 0. The second-order valence-corrected chi connectivity index (χ2v) is 5.52. The van der Waals surface area contributed by atoms with E-state index in [4.69, 9.17) is 5.73 Å². The number of nitrogens with two attached hydrogens (primary N) is 1. The van der Waals surface area contributed by atoms with E-state index in [2.05, 4.69) is 0 Å². The summed E-state index contributed by atoms with van der Waals surface area (Å²) in [6.45, 7) is 6.05. The van der Waals surface area contributed by atoms with E-state index >= 15 is 0 Å². The van der Waals surface area contributed by atoms with Crippen LogP contribution in [0.2, 0.25) is 0 Å². The summed E-state index contributed by atoms with van der Waals surface area (Å²) in [6.07, 6.45) is 1.01. The SMILES string of the molecule is CC(C)(C)C(N)CCc1cccc([N+](=O)[O-])c1F. The van der Waals surface area contributed by atoms with Gasteiger partial charge in [-0.15, -0.1) is 0 Å². The first kappa shape index (κ1) is 14.6. The summed E-state index contributed by atoms with van der Waals surface area (Å²) in [5.74, 6) is -0.747. The Balaban J connectivity index is 2.81. The second kappa shape index (κ2) is 5.44. The Bertz CT molecular complexity index is 441. The molecular formula is C13H19FN2O2. The highest BCUT2D eigenvalue weighted by Crippen LogP contribution is 2.24. The van der Waals surface area contributed by atoms with Crippen molar-refractivity contribution in [1.82, 2.24) is 0 Å².